The molecule has 0 unspecified atom stereocenters. The van der Waals surface area contributed by atoms with Gasteiger partial charge in [-0.25, -0.2) is 0 Å². The third-order valence-corrected chi connectivity index (χ3v) is 11.3. The first kappa shape index (κ1) is 58.5. The van der Waals surface area contributed by atoms with Crippen molar-refractivity contribution in [2.24, 2.45) is 0 Å². The molecule has 0 saturated carbocycles. The zero-order chi connectivity index (χ0) is 42.5. The first-order valence-corrected chi connectivity index (χ1v) is 26.2. The maximum absolute atomic E-state index is 11.9. The molecule has 0 aliphatic carbocycles. The van der Waals surface area contributed by atoms with Gasteiger partial charge in [-0.2, -0.15) is 0 Å². The quantitative estimate of drug-likeness (QED) is 0.0349. The van der Waals surface area contributed by atoms with Gasteiger partial charge in [0.05, 0.1) is 13.2 Å². The van der Waals surface area contributed by atoms with E-state index in [0.29, 0.717) is 26.1 Å². The summed E-state index contributed by atoms with van der Waals surface area (Å²) in [6.45, 7) is 10.2. The van der Waals surface area contributed by atoms with E-state index in [9.17, 15) is 9.59 Å². The van der Waals surface area contributed by atoms with Crippen LogP contribution >= 0.6 is 0 Å². The topological polar surface area (TPSA) is 52.6 Å². The van der Waals surface area contributed by atoms with E-state index in [4.69, 9.17) is 9.47 Å². The van der Waals surface area contributed by atoms with Gasteiger partial charge in [0.1, 0.15) is 0 Å². The van der Waals surface area contributed by atoms with Gasteiger partial charge in [-0.05, 0) is 77.0 Å². The van der Waals surface area contributed by atoms with Crippen molar-refractivity contribution in [3.63, 3.8) is 0 Å². The highest BCUT2D eigenvalue weighted by Gasteiger charge is 2.04. The number of rotatable bonds is 46. The first-order valence-electron chi connectivity index (χ1n) is 26.2. The molecule has 4 nitrogen and oxygen atoms in total. The van der Waals surface area contributed by atoms with Gasteiger partial charge in [0.15, 0.2) is 0 Å². The Labute approximate surface area is 364 Å². The summed E-state index contributed by atoms with van der Waals surface area (Å²) in [6, 6.07) is 0. The number of allylic oxidation sites excluding steroid dienone is 4. The monoisotopic (exact) mass is 817 g/mol. The van der Waals surface area contributed by atoms with Crippen molar-refractivity contribution in [1.82, 2.24) is 0 Å². The van der Waals surface area contributed by atoms with Crippen LogP contribution in [0.2, 0.25) is 0 Å². The molecule has 4 heteroatoms. The number of esters is 2. The van der Waals surface area contributed by atoms with Gasteiger partial charge in [-0.3, -0.25) is 9.59 Å². The molecule has 0 aromatic heterocycles. The summed E-state index contributed by atoms with van der Waals surface area (Å²) in [6.07, 6.45) is 62.1. The van der Waals surface area contributed by atoms with Crippen molar-refractivity contribution in [3.8, 4) is 0 Å². The molecular weight excluding hydrogens is 713 g/mol. The lowest BCUT2D eigenvalue weighted by atomic mass is 10.1. The molecule has 0 amide bonds. The van der Waals surface area contributed by atoms with Crippen LogP contribution < -0.4 is 0 Å². The highest BCUT2D eigenvalue weighted by Crippen LogP contribution is 2.14. The lowest BCUT2D eigenvalue weighted by molar-refractivity contribution is -0.144. The largest absolute Gasteiger partial charge is 0.466 e. The molecule has 0 fully saturated rings. The molecule has 344 valence electrons. The maximum atomic E-state index is 11.9. The molecule has 0 aromatic carbocycles. The van der Waals surface area contributed by atoms with Crippen LogP contribution in [0, 0.1) is 0 Å². The average molecular weight is 817 g/mol. The van der Waals surface area contributed by atoms with Gasteiger partial charge in [-0.1, -0.05) is 232 Å². The highest BCUT2D eigenvalue weighted by molar-refractivity contribution is 5.69. The van der Waals surface area contributed by atoms with E-state index in [2.05, 4.69) is 52.0 Å². The van der Waals surface area contributed by atoms with Crippen LogP contribution in [-0.2, 0) is 19.1 Å². The molecule has 0 heterocycles. The number of hydrogen-bond acceptors (Lipinski definition) is 4. The van der Waals surface area contributed by atoms with E-state index in [1.807, 2.05) is 0 Å². The fraction of sp³-hybridized carbons (Fsp3) is 0.889. The minimum Gasteiger partial charge on any atom is -0.466 e. The molecule has 0 bridgehead atoms. The Hall–Kier alpha value is -1.58. The highest BCUT2D eigenvalue weighted by atomic mass is 16.5. The van der Waals surface area contributed by atoms with Crippen LogP contribution in [0.25, 0.3) is 0 Å². The minimum atomic E-state index is 0.00412. The third-order valence-electron chi connectivity index (χ3n) is 11.3. The van der Waals surface area contributed by atoms with Gasteiger partial charge in [0.2, 0.25) is 0 Å². The molecular formula is C54H104O4. The van der Waals surface area contributed by atoms with Gasteiger partial charge >= 0.3 is 11.9 Å². The second kappa shape index (κ2) is 55.4. The number of ether oxygens (including phenoxy) is 2. The standard InChI is InChI=1S/C36H68O2.C18H36O2/c1-3-5-7-9-11-13-15-17-19-21-23-25-27-29-31-33-35-38-36(37)34-32-30-28-26-24-22-20-18-16-14-12-10-8-6-4-2;1-3-5-7-9-10-11-12-13-14-16-18(19)20-17-15-8-6-4-2/h17-20H,3-16,21-35H2,1-2H3;3-17H2,1-2H3/b19-17-,20-18-;. The lowest BCUT2D eigenvalue weighted by Crippen LogP contribution is -2.05. The molecule has 0 saturated heterocycles. The normalized spacial score (nSPS) is 11.4. The Morgan fingerprint density at radius 3 is 0.759 bits per heavy atom. The molecule has 0 rings (SSSR count). The summed E-state index contributed by atoms with van der Waals surface area (Å²) < 4.78 is 10.6. The molecule has 0 aliphatic heterocycles. The van der Waals surface area contributed by atoms with Crippen LogP contribution in [0.3, 0.4) is 0 Å². The Morgan fingerprint density at radius 1 is 0.276 bits per heavy atom. The first-order chi connectivity index (χ1) is 28.6. The lowest BCUT2D eigenvalue weighted by Gasteiger charge is -2.05. The second-order valence-corrected chi connectivity index (χ2v) is 17.4. The van der Waals surface area contributed by atoms with Gasteiger partial charge < -0.3 is 9.47 Å². The minimum absolute atomic E-state index is 0.00412. The van der Waals surface area contributed by atoms with Crippen LogP contribution in [0.1, 0.15) is 297 Å². The Balaban J connectivity index is 0. The van der Waals surface area contributed by atoms with Crippen molar-refractivity contribution in [1.29, 1.82) is 0 Å². The molecule has 58 heavy (non-hydrogen) atoms. The molecule has 0 N–H and O–H groups in total. The van der Waals surface area contributed by atoms with E-state index in [1.54, 1.807) is 0 Å². The summed E-state index contributed by atoms with van der Waals surface area (Å²) in [7, 11) is 0. The van der Waals surface area contributed by atoms with Crippen LogP contribution in [0.5, 0.6) is 0 Å². The zero-order valence-electron chi connectivity index (χ0n) is 40.1. The van der Waals surface area contributed by atoms with Gasteiger partial charge in [0.25, 0.3) is 0 Å². The summed E-state index contributed by atoms with van der Waals surface area (Å²) in [5, 5.41) is 0. The van der Waals surface area contributed by atoms with Gasteiger partial charge in [-0.15, -0.1) is 0 Å². The Kier molecular flexibility index (Phi) is 55.9. The van der Waals surface area contributed by atoms with Crippen LogP contribution in [0.4, 0.5) is 0 Å². The number of carbonyl (C=O) groups excluding carboxylic acids is 2. The zero-order valence-corrected chi connectivity index (χ0v) is 40.1. The van der Waals surface area contributed by atoms with Crippen molar-refractivity contribution in [2.75, 3.05) is 13.2 Å². The predicted octanol–water partition coefficient (Wildman–Crippen LogP) is 18.6. The smallest absolute Gasteiger partial charge is 0.305 e. The van der Waals surface area contributed by atoms with E-state index in [1.165, 1.54) is 225 Å². The average Bonchev–Trinajstić information content (AvgIpc) is 3.23. The summed E-state index contributed by atoms with van der Waals surface area (Å²) >= 11 is 0. The maximum Gasteiger partial charge on any atom is 0.305 e. The second-order valence-electron chi connectivity index (χ2n) is 17.4. The Morgan fingerprint density at radius 2 is 0.483 bits per heavy atom. The Bertz CT molecular complexity index is 833. The van der Waals surface area contributed by atoms with E-state index in [-0.39, 0.29) is 11.9 Å². The van der Waals surface area contributed by atoms with Crippen molar-refractivity contribution in [2.45, 2.75) is 297 Å². The van der Waals surface area contributed by atoms with Crippen molar-refractivity contribution < 1.29 is 19.1 Å². The number of hydrogen-bond donors (Lipinski definition) is 0. The molecule has 0 spiro atoms. The summed E-state index contributed by atoms with van der Waals surface area (Å²) in [4.78, 5) is 23.4. The number of carbonyl (C=O) groups is 2. The fourth-order valence-electron chi connectivity index (χ4n) is 7.31. The van der Waals surface area contributed by atoms with Gasteiger partial charge in [0, 0.05) is 12.8 Å². The third kappa shape index (κ3) is 56.5. The molecule has 0 aliphatic rings. The summed E-state index contributed by atoms with van der Waals surface area (Å²) in [5.74, 6) is 0.0137. The SMILES string of the molecule is CCCCCCCC/C=C\CCCCCCCCOC(=O)CCCCCCC/C=C\CCCCCCCC.CCCCCCCCCCCC(=O)OCCCCCC. The molecule has 0 radical (unpaired) electrons. The van der Waals surface area contributed by atoms with E-state index >= 15 is 0 Å². The van der Waals surface area contributed by atoms with Crippen molar-refractivity contribution >= 4 is 11.9 Å². The summed E-state index contributed by atoms with van der Waals surface area (Å²) in [5.41, 5.74) is 0. The predicted molar refractivity (Wildman–Crippen MR) is 257 cm³/mol. The molecule has 0 aromatic rings. The molecule has 0 atom stereocenters. The van der Waals surface area contributed by atoms with Crippen LogP contribution in [-0.4, -0.2) is 25.2 Å². The fourth-order valence-corrected chi connectivity index (χ4v) is 7.31. The van der Waals surface area contributed by atoms with Crippen molar-refractivity contribution in [3.05, 3.63) is 24.3 Å². The number of unbranched alkanes of at least 4 members (excludes halogenated alkanes) is 34. The van der Waals surface area contributed by atoms with E-state index in [0.717, 1.165) is 32.1 Å². The van der Waals surface area contributed by atoms with E-state index < -0.39 is 0 Å². The van der Waals surface area contributed by atoms with Crippen LogP contribution in [0.15, 0.2) is 24.3 Å².